The average molecular weight is 478 g/mol. The second kappa shape index (κ2) is 10.3. The predicted molar refractivity (Wildman–Crippen MR) is 124 cm³/mol. The molecule has 2 aromatic carbocycles. The van der Waals surface area contributed by atoms with Gasteiger partial charge in [0.05, 0.1) is 12.2 Å². The highest BCUT2D eigenvalue weighted by Gasteiger charge is 2.29. The van der Waals surface area contributed by atoms with E-state index in [9.17, 15) is 9.59 Å². The number of fused-ring (bicyclic) bond motifs is 1. The Morgan fingerprint density at radius 1 is 0.969 bits per heavy atom. The summed E-state index contributed by atoms with van der Waals surface area (Å²) in [6.45, 7) is 0.342. The van der Waals surface area contributed by atoms with Crippen molar-refractivity contribution in [3.05, 3.63) is 52.5 Å². The number of ether oxygens (including phenoxy) is 2. The summed E-state index contributed by atoms with van der Waals surface area (Å²) in [7, 11) is 0. The molecular formula is C23H25Cl2N3O4. The molecule has 1 heterocycles. The topological polar surface area (TPSA) is 88.7 Å². The highest BCUT2D eigenvalue weighted by atomic mass is 35.5. The van der Waals surface area contributed by atoms with Crippen molar-refractivity contribution in [3.63, 3.8) is 0 Å². The maximum atomic E-state index is 12.6. The summed E-state index contributed by atoms with van der Waals surface area (Å²) in [6, 6.07) is 12.3. The molecule has 7 nitrogen and oxygen atoms in total. The van der Waals surface area contributed by atoms with Crippen LogP contribution in [0.15, 0.2) is 42.5 Å². The van der Waals surface area contributed by atoms with Gasteiger partial charge in [-0.2, -0.15) is 0 Å². The van der Waals surface area contributed by atoms with Gasteiger partial charge in [0, 0.05) is 22.1 Å². The summed E-state index contributed by atoms with van der Waals surface area (Å²) in [5.41, 5.74) is 0.790. The van der Waals surface area contributed by atoms with Gasteiger partial charge in [-0.05, 0) is 68.1 Å². The van der Waals surface area contributed by atoms with E-state index in [-0.39, 0.29) is 30.5 Å². The number of hydrogen-bond acceptors (Lipinski definition) is 5. The van der Waals surface area contributed by atoms with Gasteiger partial charge in [-0.15, -0.1) is 0 Å². The SMILES string of the molecule is O=C(COc1ccc(Cl)cc1)N[C@H]1CC[C@H](NC(=O)C2CNc3cc(Cl)ccc3O2)CC1. The number of halogens is 2. The van der Waals surface area contributed by atoms with Crippen LogP contribution >= 0.6 is 23.2 Å². The van der Waals surface area contributed by atoms with Gasteiger partial charge in [-0.1, -0.05) is 23.2 Å². The number of amides is 2. The van der Waals surface area contributed by atoms with E-state index in [2.05, 4.69) is 16.0 Å². The third kappa shape index (κ3) is 5.99. The van der Waals surface area contributed by atoms with Gasteiger partial charge >= 0.3 is 0 Å². The molecule has 1 saturated carbocycles. The van der Waals surface area contributed by atoms with Crippen LogP contribution in [0.2, 0.25) is 10.0 Å². The van der Waals surface area contributed by atoms with Crippen LogP contribution in [0.4, 0.5) is 5.69 Å². The molecule has 0 saturated heterocycles. The molecule has 4 rings (SSSR count). The van der Waals surface area contributed by atoms with E-state index in [0.29, 0.717) is 28.1 Å². The van der Waals surface area contributed by atoms with Crippen molar-refractivity contribution in [1.82, 2.24) is 10.6 Å². The van der Waals surface area contributed by atoms with E-state index in [1.807, 2.05) is 0 Å². The Balaban J connectivity index is 1.17. The molecule has 2 aromatic rings. The van der Waals surface area contributed by atoms with E-state index in [4.69, 9.17) is 32.7 Å². The molecule has 1 unspecified atom stereocenters. The van der Waals surface area contributed by atoms with E-state index in [1.165, 1.54) is 0 Å². The summed E-state index contributed by atoms with van der Waals surface area (Å²) in [5.74, 6) is 0.920. The Morgan fingerprint density at radius 3 is 2.34 bits per heavy atom. The molecular weight excluding hydrogens is 453 g/mol. The monoisotopic (exact) mass is 477 g/mol. The van der Waals surface area contributed by atoms with Crippen LogP contribution in [0.3, 0.4) is 0 Å². The van der Waals surface area contributed by atoms with Gasteiger partial charge in [-0.25, -0.2) is 0 Å². The lowest BCUT2D eigenvalue weighted by molar-refractivity contribution is -0.129. The summed E-state index contributed by atoms with van der Waals surface area (Å²) < 4.78 is 11.3. The van der Waals surface area contributed by atoms with Crippen molar-refractivity contribution >= 4 is 40.7 Å². The van der Waals surface area contributed by atoms with Crippen LogP contribution < -0.4 is 25.4 Å². The number of anilines is 1. The van der Waals surface area contributed by atoms with Crippen molar-refractivity contribution < 1.29 is 19.1 Å². The van der Waals surface area contributed by atoms with E-state index in [1.54, 1.807) is 42.5 Å². The highest BCUT2D eigenvalue weighted by Crippen LogP contribution is 2.31. The largest absolute Gasteiger partial charge is 0.484 e. The fraction of sp³-hybridized carbons (Fsp3) is 0.391. The Morgan fingerprint density at radius 2 is 1.62 bits per heavy atom. The minimum Gasteiger partial charge on any atom is -0.484 e. The van der Waals surface area contributed by atoms with Crippen molar-refractivity contribution in [2.24, 2.45) is 0 Å². The first-order valence-electron chi connectivity index (χ1n) is 10.6. The molecule has 0 radical (unpaired) electrons. The molecule has 3 N–H and O–H groups in total. The second-order valence-corrected chi connectivity index (χ2v) is 8.87. The molecule has 32 heavy (non-hydrogen) atoms. The zero-order valence-electron chi connectivity index (χ0n) is 17.4. The van der Waals surface area contributed by atoms with Crippen molar-refractivity contribution in [2.45, 2.75) is 43.9 Å². The fourth-order valence-electron chi connectivity index (χ4n) is 3.91. The van der Waals surface area contributed by atoms with Crippen LogP contribution in [0.25, 0.3) is 0 Å². The van der Waals surface area contributed by atoms with E-state index < -0.39 is 6.10 Å². The van der Waals surface area contributed by atoms with Crippen molar-refractivity contribution in [3.8, 4) is 11.5 Å². The van der Waals surface area contributed by atoms with Crippen LogP contribution in [0, 0.1) is 0 Å². The minimum atomic E-state index is -0.592. The zero-order chi connectivity index (χ0) is 22.5. The third-order valence-corrected chi connectivity index (χ3v) is 6.09. The van der Waals surface area contributed by atoms with E-state index >= 15 is 0 Å². The van der Waals surface area contributed by atoms with Gasteiger partial charge in [-0.3, -0.25) is 9.59 Å². The van der Waals surface area contributed by atoms with Gasteiger partial charge in [0.2, 0.25) is 0 Å². The number of rotatable bonds is 6. The van der Waals surface area contributed by atoms with Crippen molar-refractivity contribution in [2.75, 3.05) is 18.5 Å². The normalized spacial score (nSPS) is 22.0. The molecule has 2 amide bonds. The molecule has 1 atom stereocenters. The highest BCUT2D eigenvalue weighted by molar-refractivity contribution is 6.31. The number of hydrogen-bond donors (Lipinski definition) is 3. The van der Waals surface area contributed by atoms with Gasteiger partial charge in [0.25, 0.3) is 11.8 Å². The quantitative estimate of drug-likeness (QED) is 0.588. The second-order valence-electron chi connectivity index (χ2n) is 8.00. The number of nitrogens with one attached hydrogen (secondary N) is 3. The lowest BCUT2D eigenvalue weighted by atomic mass is 9.91. The lowest BCUT2D eigenvalue weighted by Crippen LogP contribution is -2.50. The molecule has 0 spiro atoms. The van der Waals surface area contributed by atoms with Crippen LogP contribution in [-0.2, 0) is 9.59 Å². The van der Waals surface area contributed by atoms with Crippen LogP contribution in [0.5, 0.6) is 11.5 Å². The molecule has 1 aliphatic heterocycles. The maximum absolute atomic E-state index is 12.6. The first-order chi connectivity index (χ1) is 15.5. The summed E-state index contributed by atoms with van der Waals surface area (Å²) >= 11 is 11.8. The van der Waals surface area contributed by atoms with Gasteiger partial charge in [0.1, 0.15) is 11.5 Å². The Labute approximate surface area is 196 Å². The first kappa shape index (κ1) is 22.6. The molecule has 0 bridgehead atoms. The summed E-state index contributed by atoms with van der Waals surface area (Å²) in [6.07, 6.45) is 2.58. The molecule has 2 aliphatic rings. The van der Waals surface area contributed by atoms with Crippen LogP contribution in [0.1, 0.15) is 25.7 Å². The fourth-order valence-corrected chi connectivity index (χ4v) is 4.21. The Hall–Kier alpha value is -2.64. The first-order valence-corrected chi connectivity index (χ1v) is 11.4. The molecule has 1 fully saturated rings. The standard InChI is InChI=1S/C23H25Cl2N3O4/c24-14-1-8-18(9-2-14)31-13-22(29)27-16-4-6-17(7-5-16)28-23(30)21-12-26-19-11-15(25)3-10-20(19)32-21/h1-3,8-11,16-17,21,26H,4-7,12-13H2,(H,27,29)(H,28,30)/t16-,17-,21?. The van der Waals surface area contributed by atoms with Crippen molar-refractivity contribution in [1.29, 1.82) is 0 Å². The lowest BCUT2D eigenvalue weighted by Gasteiger charge is -2.32. The van der Waals surface area contributed by atoms with Gasteiger partial charge < -0.3 is 25.4 Å². The molecule has 9 heteroatoms. The zero-order valence-corrected chi connectivity index (χ0v) is 18.9. The maximum Gasteiger partial charge on any atom is 0.263 e. The number of benzene rings is 2. The average Bonchev–Trinajstić information content (AvgIpc) is 2.79. The smallest absolute Gasteiger partial charge is 0.263 e. The third-order valence-electron chi connectivity index (χ3n) is 5.60. The molecule has 1 aliphatic carbocycles. The Bertz CT molecular complexity index is 962. The minimum absolute atomic E-state index is 0.0446. The predicted octanol–water partition coefficient (Wildman–Crippen LogP) is 3.79. The van der Waals surface area contributed by atoms with Gasteiger partial charge in [0.15, 0.2) is 12.7 Å². The Kier molecular flexibility index (Phi) is 7.27. The summed E-state index contributed by atoms with van der Waals surface area (Å²) in [4.78, 5) is 24.8. The van der Waals surface area contributed by atoms with Crippen LogP contribution in [-0.4, -0.2) is 43.2 Å². The summed E-state index contributed by atoms with van der Waals surface area (Å²) in [5, 5.41) is 10.5. The van der Waals surface area contributed by atoms with E-state index in [0.717, 1.165) is 31.4 Å². The molecule has 170 valence electrons. The number of carbonyl (C=O) groups is 2. The molecule has 0 aromatic heterocycles. The number of carbonyl (C=O) groups excluding carboxylic acids is 2.